The first kappa shape index (κ1) is 49.8. The lowest BCUT2D eigenvalue weighted by Gasteiger charge is -2.15. The third-order valence-electron chi connectivity index (χ3n) is 9.27. The number of methoxy groups -OCH3 is 2. The van der Waals surface area contributed by atoms with Gasteiger partial charge in [0, 0.05) is 20.6 Å². The lowest BCUT2D eigenvalue weighted by atomic mass is 10.0. The second-order valence-corrected chi connectivity index (χ2v) is 13.6. The minimum atomic E-state index is -0.0418. The first-order chi connectivity index (χ1) is 22.1. The van der Waals surface area contributed by atoms with Crippen LogP contribution in [0.3, 0.4) is 0 Å². The second kappa shape index (κ2) is 44.4. The third-order valence-corrected chi connectivity index (χ3v) is 9.27. The van der Waals surface area contributed by atoms with Gasteiger partial charge in [-0.25, -0.2) is 0 Å². The molecule has 2 atom stereocenters. The van der Waals surface area contributed by atoms with Crippen molar-refractivity contribution in [2.24, 2.45) is 0 Å². The molecule has 0 aliphatic heterocycles. The number of carbonyl (C=O) groups is 1. The molecule has 0 saturated heterocycles. The molecule has 0 amide bonds. The third kappa shape index (κ3) is 41.4. The molecule has 2 unspecified atom stereocenters. The van der Waals surface area contributed by atoms with Crippen LogP contribution in [0.4, 0.5) is 0 Å². The van der Waals surface area contributed by atoms with Gasteiger partial charge in [-0.1, -0.05) is 189 Å². The average molecular weight is 657 g/mol. The summed E-state index contributed by atoms with van der Waals surface area (Å²) in [6.07, 6.45) is 41.6. The molecule has 0 fully saturated rings. The van der Waals surface area contributed by atoms with E-state index in [0.29, 0.717) is 25.2 Å². The minimum absolute atomic E-state index is 0. The first-order valence-electron chi connectivity index (χ1n) is 20.3. The second-order valence-electron chi connectivity index (χ2n) is 13.6. The van der Waals surface area contributed by atoms with Crippen molar-refractivity contribution >= 4 is 5.97 Å². The normalized spacial score (nSPS) is 12.2. The summed E-state index contributed by atoms with van der Waals surface area (Å²) >= 11 is 0. The Morgan fingerprint density at radius 1 is 0.413 bits per heavy atom. The largest absolute Gasteiger partial charge is 0.466 e. The SMILES string of the molecule is C.CCCCCCC(CCCCCCCCCCC(=O)OCC)OC.CCCCCCCCCCCCC(CCCCCC)OC. The lowest BCUT2D eigenvalue weighted by Crippen LogP contribution is -2.10. The maximum absolute atomic E-state index is 11.2. The van der Waals surface area contributed by atoms with Gasteiger partial charge in [0.2, 0.25) is 0 Å². The molecule has 280 valence electrons. The van der Waals surface area contributed by atoms with Crippen LogP contribution in [0.5, 0.6) is 0 Å². The number of ether oxygens (including phenoxy) is 3. The Hall–Kier alpha value is -0.610. The van der Waals surface area contributed by atoms with Gasteiger partial charge < -0.3 is 14.2 Å². The lowest BCUT2D eigenvalue weighted by molar-refractivity contribution is -0.143. The summed E-state index contributed by atoms with van der Waals surface area (Å²) < 4.78 is 16.1. The first-order valence-corrected chi connectivity index (χ1v) is 20.3. The summed E-state index contributed by atoms with van der Waals surface area (Å²) in [6, 6.07) is 0. The van der Waals surface area contributed by atoms with Gasteiger partial charge in [-0.2, -0.15) is 0 Å². The van der Waals surface area contributed by atoms with Crippen LogP contribution in [0.1, 0.15) is 234 Å². The van der Waals surface area contributed by atoms with E-state index in [1.165, 1.54) is 180 Å². The fraction of sp³-hybridized carbons (Fsp3) is 0.976. The van der Waals surface area contributed by atoms with E-state index in [9.17, 15) is 4.79 Å². The standard InChI is InChI=1S/C21H42O3.C20H42O.CH4/c1-4-6-7-14-17-20(23-3)18-15-12-10-8-9-11-13-16-19-21(22)24-5-2;1-4-6-8-10-11-12-13-14-15-17-19-20(21-3)18-16-9-7-5-2;/h20H,4-19H2,1-3H3;20H,4-19H2,1-3H3;1H4. The Balaban J connectivity index is -0.000000794. The Morgan fingerprint density at radius 3 is 0.957 bits per heavy atom. The summed E-state index contributed by atoms with van der Waals surface area (Å²) in [7, 11) is 3.75. The van der Waals surface area contributed by atoms with E-state index < -0.39 is 0 Å². The Labute approximate surface area is 291 Å². The highest BCUT2D eigenvalue weighted by Crippen LogP contribution is 2.17. The maximum Gasteiger partial charge on any atom is 0.305 e. The van der Waals surface area contributed by atoms with E-state index >= 15 is 0 Å². The average Bonchev–Trinajstić information content (AvgIpc) is 3.05. The zero-order valence-electron chi connectivity index (χ0n) is 31.9. The van der Waals surface area contributed by atoms with Crippen LogP contribution in [-0.4, -0.2) is 39.0 Å². The molecule has 46 heavy (non-hydrogen) atoms. The zero-order chi connectivity index (χ0) is 33.5. The van der Waals surface area contributed by atoms with Crippen molar-refractivity contribution in [3.8, 4) is 0 Å². The highest BCUT2D eigenvalue weighted by atomic mass is 16.5. The van der Waals surface area contributed by atoms with Crippen molar-refractivity contribution < 1.29 is 19.0 Å². The molecule has 0 aliphatic rings. The topological polar surface area (TPSA) is 44.8 Å². The molecule has 0 heterocycles. The number of rotatable bonds is 35. The van der Waals surface area contributed by atoms with Crippen LogP contribution in [0.25, 0.3) is 0 Å². The van der Waals surface area contributed by atoms with Crippen molar-refractivity contribution in [3.63, 3.8) is 0 Å². The molecule has 0 aromatic rings. The highest BCUT2D eigenvalue weighted by molar-refractivity contribution is 5.69. The van der Waals surface area contributed by atoms with E-state index in [0.717, 1.165) is 12.8 Å². The maximum atomic E-state index is 11.2. The van der Waals surface area contributed by atoms with Gasteiger partial charge in [0.05, 0.1) is 18.8 Å². The monoisotopic (exact) mass is 657 g/mol. The van der Waals surface area contributed by atoms with Crippen LogP contribution in [-0.2, 0) is 19.0 Å². The minimum Gasteiger partial charge on any atom is -0.466 e. The number of hydrogen-bond acceptors (Lipinski definition) is 4. The molecule has 0 aliphatic carbocycles. The van der Waals surface area contributed by atoms with Gasteiger partial charge >= 0.3 is 5.97 Å². The van der Waals surface area contributed by atoms with Crippen LogP contribution in [0, 0.1) is 0 Å². The molecule has 0 aromatic heterocycles. The molecule has 0 saturated carbocycles. The predicted octanol–water partition coefficient (Wildman–Crippen LogP) is 14.4. The van der Waals surface area contributed by atoms with Gasteiger partial charge in [0.25, 0.3) is 0 Å². The van der Waals surface area contributed by atoms with Crippen LogP contribution >= 0.6 is 0 Å². The van der Waals surface area contributed by atoms with Gasteiger partial charge in [0.1, 0.15) is 0 Å². The van der Waals surface area contributed by atoms with Crippen molar-refractivity contribution in [3.05, 3.63) is 0 Å². The molecule has 0 N–H and O–H groups in total. The summed E-state index contributed by atoms with van der Waals surface area (Å²) in [5.41, 5.74) is 0. The van der Waals surface area contributed by atoms with Gasteiger partial charge in [-0.05, 0) is 39.0 Å². The molecule has 0 rings (SSSR count). The number of esters is 1. The number of carbonyl (C=O) groups excluding carboxylic acids is 1. The highest BCUT2D eigenvalue weighted by Gasteiger charge is 2.07. The van der Waals surface area contributed by atoms with E-state index in [4.69, 9.17) is 14.2 Å². The van der Waals surface area contributed by atoms with Crippen LogP contribution in [0.15, 0.2) is 0 Å². The molecular weight excluding hydrogens is 568 g/mol. The fourth-order valence-electron chi connectivity index (χ4n) is 6.15. The number of hydrogen-bond donors (Lipinski definition) is 0. The Morgan fingerprint density at radius 2 is 0.674 bits per heavy atom. The molecule has 0 aromatic carbocycles. The van der Waals surface area contributed by atoms with E-state index in [2.05, 4.69) is 20.8 Å². The van der Waals surface area contributed by atoms with Gasteiger partial charge in [0.15, 0.2) is 0 Å². The summed E-state index contributed by atoms with van der Waals surface area (Å²) in [5, 5.41) is 0. The molecule has 4 heteroatoms. The van der Waals surface area contributed by atoms with Gasteiger partial charge in [-0.3, -0.25) is 4.79 Å². The van der Waals surface area contributed by atoms with Gasteiger partial charge in [-0.15, -0.1) is 0 Å². The van der Waals surface area contributed by atoms with E-state index in [1.54, 1.807) is 0 Å². The molecular formula is C42H88O4. The van der Waals surface area contributed by atoms with Crippen molar-refractivity contribution in [2.45, 2.75) is 246 Å². The quantitative estimate of drug-likeness (QED) is 0.0503. The molecule has 0 spiro atoms. The number of unbranched alkanes of at least 4 members (excludes halogenated alkanes) is 22. The van der Waals surface area contributed by atoms with E-state index in [-0.39, 0.29) is 13.4 Å². The van der Waals surface area contributed by atoms with Crippen LogP contribution < -0.4 is 0 Å². The fourth-order valence-corrected chi connectivity index (χ4v) is 6.15. The smallest absolute Gasteiger partial charge is 0.305 e. The summed E-state index contributed by atoms with van der Waals surface area (Å²) in [6.45, 7) is 9.18. The predicted molar refractivity (Wildman–Crippen MR) is 205 cm³/mol. The molecule has 4 nitrogen and oxygen atoms in total. The van der Waals surface area contributed by atoms with Crippen molar-refractivity contribution in [1.82, 2.24) is 0 Å². The molecule has 0 radical (unpaired) electrons. The van der Waals surface area contributed by atoms with Crippen molar-refractivity contribution in [1.29, 1.82) is 0 Å². The van der Waals surface area contributed by atoms with E-state index in [1.807, 2.05) is 21.1 Å². The zero-order valence-corrected chi connectivity index (χ0v) is 31.9. The molecule has 0 bridgehead atoms. The Bertz CT molecular complexity index is 538. The summed E-state index contributed by atoms with van der Waals surface area (Å²) in [4.78, 5) is 11.2. The van der Waals surface area contributed by atoms with Crippen LogP contribution in [0.2, 0.25) is 0 Å². The van der Waals surface area contributed by atoms with Crippen molar-refractivity contribution in [2.75, 3.05) is 20.8 Å². The summed E-state index contributed by atoms with van der Waals surface area (Å²) in [5.74, 6) is -0.0418. The Kier molecular flexibility index (Phi) is 48.0.